The Hall–Kier alpha value is -3.58. The normalized spacial score (nSPS) is 13.1. The number of hydrogen-bond acceptors (Lipinski definition) is 5. The lowest BCUT2D eigenvalue weighted by molar-refractivity contribution is -0.138. The van der Waals surface area contributed by atoms with Gasteiger partial charge in [0.25, 0.3) is 0 Å². The standard InChI is InChI=1S/C27H26N2O4S/c1-15(26(31)32)20-13-29(21-7-6-18(30)11-19(20)21)12-16-5-8-22-17(9-16)10-23(33-22)25-28-24(14-34-25)27(2,3)4/h5-11,13-15,30H,12H2,1-4H3,(H,31,32). The van der Waals surface area contributed by atoms with Gasteiger partial charge in [0.1, 0.15) is 11.3 Å². The molecule has 0 aliphatic rings. The molecule has 0 amide bonds. The molecule has 5 aromatic rings. The fraction of sp³-hybridized carbons (Fsp3) is 0.259. The maximum atomic E-state index is 11.6. The number of phenols is 1. The molecule has 3 heterocycles. The van der Waals surface area contributed by atoms with Crippen LogP contribution >= 0.6 is 11.3 Å². The molecular formula is C27H26N2O4S. The van der Waals surface area contributed by atoms with Gasteiger partial charge in [-0.3, -0.25) is 4.79 Å². The Labute approximate surface area is 201 Å². The molecule has 0 spiro atoms. The molecule has 0 aliphatic heterocycles. The Balaban J connectivity index is 1.50. The van der Waals surface area contributed by atoms with Crippen LogP contribution in [0.4, 0.5) is 0 Å². The summed E-state index contributed by atoms with van der Waals surface area (Å²) in [6.45, 7) is 8.66. The van der Waals surface area contributed by atoms with E-state index >= 15 is 0 Å². The number of aromatic hydroxyl groups is 1. The number of carboxylic acid groups (broad SMARTS) is 1. The Morgan fingerprint density at radius 2 is 1.97 bits per heavy atom. The van der Waals surface area contributed by atoms with Gasteiger partial charge in [-0.25, -0.2) is 4.98 Å². The van der Waals surface area contributed by atoms with Crippen molar-refractivity contribution in [2.75, 3.05) is 0 Å². The minimum absolute atomic E-state index is 0.0126. The van der Waals surface area contributed by atoms with Crippen LogP contribution < -0.4 is 0 Å². The highest BCUT2D eigenvalue weighted by atomic mass is 32.1. The summed E-state index contributed by atoms with van der Waals surface area (Å²) in [4.78, 5) is 16.4. The van der Waals surface area contributed by atoms with Crippen molar-refractivity contribution in [3.05, 3.63) is 70.9 Å². The maximum Gasteiger partial charge on any atom is 0.310 e. The summed E-state index contributed by atoms with van der Waals surface area (Å²) in [6, 6.07) is 13.2. The molecule has 7 heteroatoms. The van der Waals surface area contributed by atoms with Crippen molar-refractivity contribution in [2.45, 2.75) is 45.6 Å². The van der Waals surface area contributed by atoms with Crippen molar-refractivity contribution in [2.24, 2.45) is 0 Å². The molecule has 0 aliphatic carbocycles. The van der Waals surface area contributed by atoms with Gasteiger partial charge in [-0.15, -0.1) is 11.3 Å². The fourth-order valence-electron chi connectivity index (χ4n) is 4.15. The predicted molar refractivity (Wildman–Crippen MR) is 135 cm³/mol. The first-order valence-electron chi connectivity index (χ1n) is 11.1. The molecule has 0 saturated carbocycles. The van der Waals surface area contributed by atoms with Crippen molar-refractivity contribution in [1.82, 2.24) is 9.55 Å². The number of hydrogen-bond donors (Lipinski definition) is 2. The lowest BCUT2D eigenvalue weighted by Crippen LogP contribution is -2.11. The van der Waals surface area contributed by atoms with Gasteiger partial charge in [0.05, 0.1) is 11.6 Å². The average molecular weight is 475 g/mol. The van der Waals surface area contributed by atoms with Crippen molar-refractivity contribution >= 4 is 39.2 Å². The Morgan fingerprint density at radius 1 is 1.18 bits per heavy atom. The number of rotatable bonds is 5. The van der Waals surface area contributed by atoms with E-state index in [1.165, 1.54) is 0 Å². The Morgan fingerprint density at radius 3 is 2.68 bits per heavy atom. The quantitative estimate of drug-likeness (QED) is 0.294. The summed E-state index contributed by atoms with van der Waals surface area (Å²) >= 11 is 1.58. The molecular weight excluding hydrogens is 448 g/mol. The smallest absolute Gasteiger partial charge is 0.310 e. The van der Waals surface area contributed by atoms with E-state index in [9.17, 15) is 15.0 Å². The first-order valence-corrected chi connectivity index (χ1v) is 12.0. The van der Waals surface area contributed by atoms with Crippen molar-refractivity contribution < 1.29 is 19.4 Å². The summed E-state index contributed by atoms with van der Waals surface area (Å²) in [5, 5.41) is 24.2. The number of nitrogens with zero attached hydrogens (tertiary/aromatic N) is 2. The Kier molecular flexibility index (Phi) is 5.24. The third-order valence-corrected chi connectivity index (χ3v) is 7.01. The third-order valence-electron chi connectivity index (χ3n) is 6.15. The molecule has 0 radical (unpaired) electrons. The Bertz CT molecular complexity index is 1530. The first-order chi connectivity index (χ1) is 16.1. The molecule has 34 heavy (non-hydrogen) atoms. The van der Waals surface area contributed by atoms with Crippen LogP contribution in [0, 0.1) is 0 Å². The van der Waals surface area contributed by atoms with Crippen LogP contribution in [0.5, 0.6) is 5.75 Å². The number of fused-ring (bicyclic) bond motifs is 2. The van der Waals surface area contributed by atoms with E-state index in [0.717, 1.165) is 43.9 Å². The van der Waals surface area contributed by atoms with Gasteiger partial charge in [-0.1, -0.05) is 26.8 Å². The van der Waals surface area contributed by atoms with Crippen molar-refractivity contribution in [3.63, 3.8) is 0 Å². The van der Waals surface area contributed by atoms with Gasteiger partial charge in [-0.05, 0) is 54.4 Å². The zero-order chi connectivity index (χ0) is 24.2. The number of phenolic OH excluding ortho intramolecular Hbond substituents is 1. The molecule has 2 N–H and O–H groups in total. The second-order valence-electron chi connectivity index (χ2n) is 9.74. The monoisotopic (exact) mass is 474 g/mol. The van der Waals surface area contributed by atoms with Crippen LogP contribution in [0.2, 0.25) is 0 Å². The molecule has 174 valence electrons. The largest absolute Gasteiger partial charge is 0.508 e. The lowest BCUT2D eigenvalue weighted by Gasteiger charge is -2.13. The summed E-state index contributed by atoms with van der Waals surface area (Å²) in [6.07, 6.45) is 1.87. The molecule has 5 rings (SSSR count). The van der Waals surface area contributed by atoms with E-state index in [0.29, 0.717) is 12.1 Å². The SMILES string of the molecule is CC(C(=O)O)c1cn(Cc2ccc3oc(-c4nc(C(C)(C)C)cs4)cc3c2)c2ccc(O)cc12. The number of furan rings is 1. The van der Waals surface area contributed by atoms with Crippen LogP contribution in [-0.2, 0) is 16.8 Å². The summed E-state index contributed by atoms with van der Waals surface area (Å²) in [5.74, 6) is -0.701. The highest BCUT2D eigenvalue weighted by molar-refractivity contribution is 7.13. The molecule has 0 bridgehead atoms. The fourth-order valence-corrected chi connectivity index (χ4v) is 5.14. The summed E-state index contributed by atoms with van der Waals surface area (Å²) in [5.41, 5.74) is 4.46. The van der Waals surface area contributed by atoms with Gasteiger partial charge in [0, 0.05) is 39.8 Å². The molecule has 2 aromatic carbocycles. The summed E-state index contributed by atoms with van der Waals surface area (Å²) < 4.78 is 8.11. The number of carbonyl (C=O) groups is 1. The van der Waals surface area contributed by atoms with Gasteiger partial charge in [0.15, 0.2) is 10.8 Å². The predicted octanol–water partition coefficient (Wildman–Crippen LogP) is 6.75. The van der Waals surface area contributed by atoms with E-state index in [-0.39, 0.29) is 11.2 Å². The van der Waals surface area contributed by atoms with E-state index < -0.39 is 11.9 Å². The van der Waals surface area contributed by atoms with E-state index in [2.05, 4.69) is 32.2 Å². The zero-order valence-corrected chi connectivity index (χ0v) is 20.3. The van der Waals surface area contributed by atoms with Crippen LogP contribution in [0.25, 0.3) is 32.6 Å². The number of aliphatic carboxylic acids is 1. The van der Waals surface area contributed by atoms with Gasteiger partial charge in [0.2, 0.25) is 0 Å². The van der Waals surface area contributed by atoms with Gasteiger partial charge in [-0.2, -0.15) is 0 Å². The van der Waals surface area contributed by atoms with Gasteiger partial charge >= 0.3 is 5.97 Å². The van der Waals surface area contributed by atoms with Crippen LogP contribution in [-0.4, -0.2) is 25.7 Å². The molecule has 0 fully saturated rings. The minimum atomic E-state index is -0.897. The lowest BCUT2D eigenvalue weighted by atomic mass is 9.93. The molecule has 0 saturated heterocycles. The van der Waals surface area contributed by atoms with Crippen molar-refractivity contribution in [3.8, 4) is 16.5 Å². The molecule has 3 aromatic heterocycles. The number of carboxylic acids is 1. The third kappa shape index (κ3) is 3.96. The maximum absolute atomic E-state index is 11.6. The molecule has 1 atom stereocenters. The van der Waals surface area contributed by atoms with E-state index in [1.807, 2.05) is 35.0 Å². The van der Waals surface area contributed by atoms with Crippen LogP contribution in [0.15, 0.2) is 58.5 Å². The number of benzene rings is 2. The van der Waals surface area contributed by atoms with Crippen LogP contribution in [0.1, 0.15) is 50.4 Å². The summed E-state index contributed by atoms with van der Waals surface area (Å²) in [7, 11) is 0. The first kappa shape index (κ1) is 22.2. The molecule has 1 unspecified atom stereocenters. The van der Waals surface area contributed by atoms with E-state index in [1.54, 1.807) is 30.4 Å². The highest BCUT2D eigenvalue weighted by Crippen LogP contribution is 2.34. The van der Waals surface area contributed by atoms with Crippen molar-refractivity contribution in [1.29, 1.82) is 0 Å². The average Bonchev–Trinajstić information content (AvgIpc) is 3.49. The number of aromatic nitrogens is 2. The van der Waals surface area contributed by atoms with Gasteiger partial charge < -0.3 is 19.2 Å². The topological polar surface area (TPSA) is 88.5 Å². The molecule has 6 nitrogen and oxygen atoms in total. The second kappa shape index (κ2) is 8.02. The number of thiazole rings is 1. The van der Waals surface area contributed by atoms with E-state index in [4.69, 9.17) is 9.40 Å². The van der Waals surface area contributed by atoms with Crippen LogP contribution in [0.3, 0.4) is 0 Å². The second-order valence-corrected chi connectivity index (χ2v) is 10.6. The minimum Gasteiger partial charge on any atom is -0.508 e. The highest BCUT2D eigenvalue weighted by Gasteiger charge is 2.21. The zero-order valence-electron chi connectivity index (χ0n) is 19.5.